The molecule has 0 heterocycles. The standard InChI is InChI=1S/C18H26BrClO/c1-3-4-5-13-6-8-14(9-7-13)18(19)16-11-10-15(21-2)12-17(16)20/h10-14,18H,3-9H2,1-2H3. The van der Waals surface area contributed by atoms with Gasteiger partial charge in [-0.25, -0.2) is 0 Å². The Bertz CT molecular complexity index is 441. The third-order valence-electron chi connectivity index (χ3n) is 4.78. The molecular weight excluding hydrogens is 348 g/mol. The summed E-state index contributed by atoms with van der Waals surface area (Å²) in [4.78, 5) is 0.364. The van der Waals surface area contributed by atoms with Gasteiger partial charge in [0, 0.05) is 9.85 Å². The molecule has 1 unspecified atom stereocenters. The van der Waals surface area contributed by atoms with Crippen LogP contribution >= 0.6 is 27.5 Å². The van der Waals surface area contributed by atoms with Crippen LogP contribution in [0.1, 0.15) is 62.3 Å². The lowest BCUT2D eigenvalue weighted by Gasteiger charge is -2.32. The molecule has 0 aromatic heterocycles. The Hall–Kier alpha value is -0.210. The molecular formula is C18H26BrClO. The van der Waals surface area contributed by atoms with Crippen LogP contribution in [-0.4, -0.2) is 7.11 Å². The fourth-order valence-electron chi connectivity index (χ4n) is 3.37. The molecule has 0 radical (unpaired) electrons. The summed E-state index contributed by atoms with van der Waals surface area (Å²) in [5.41, 5.74) is 1.20. The first kappa shape index (κ1) is 17.1. The van der Waals surface area contributed by atoms with E-state index in [2.05, 4.69) is 28.9 Å². The summed E-state index contributed by atoms with van der Waals surface area (Å²) < 4.78 is 5.23. The fourth-order valence-corrected chi connectivity index (χ4v) is 4.72. The minimum atomic E-state index is 0.364. The SMILES string of the molecule is CCCCC1CCC(C(Br)c2ccc(OC)cc2Cl)CC1. The van der Waals surface area contributed by atoms with Gasteiger partial charge in [-0.1, -0.05) is 72.6 Å². The maximum absolute atomic E-state index is 6.41. The maximum Gasteiger partial charge on any atom is 0.120 e. The van der Waals surface area contributed by atoms with E-state index in [1.807, 2.05) is 12.1 Å². The van der Waals surface area contributed by atoms with Crippen molar-refractivity contribution in [3.8, 4) is 5.75 Å². The topological polar surface area (TPSA) is 9.23 Å². The zero-order valence-electron chi connectivity index (χ0n) is 13.1. The Balaban J connectivity index is 1.94. The van der Waals surface area contributed by atoms with E-state index < -0.39 is 0 Å². The van der Waals surface area contributed by atoms with Gasteiger partial charge in [0.05, 0.1) is 7.11 Å². The first-order valence-corrected chi connectivity index (χ1v) is 9.42. The fraction of sp³-hybridized carbons (Fsp3) is 0.667. The van der Waals surface area contributed by atoms with Crippen molar-refractivity contribution in [3.63, 3.8) is 0 Å². The van der Waals surface area contributed by atoms with Crippen LogP contribution < -0.4 is 4.74 Å². The largest absolute Gasteiger partial charge is 0.497 e. The van der Waals surface area contributed by atoms with Gasteiger partial charge < -0.3 is 4.74 Å². The van der Waals surface area contributed by atoms with Gasteiger partial charge >= 0.3 is 0 Å². The van der Waals surface area contributed by atoms with Crippen LogP contribution in [-0.2, 0) is 0 Å². The van der Waals surface area contributed by atoms with Crippen molar-refractivity contribution in [3.05, 3.63) is 28.8 Å². The van der Waals surface area contributed by atoms with Gasteiger partial charge in [0.25, 0.3) is 0 Å². The number of hydrogen-bond acceptors (Lipinski definition) is 1. The lowest BCUT2D eigenvalue weighted by molar-refractivity contribution is 0.257. The normalized spacial score (nSPS) is 23.8. The van der Waals surface area contributed by atoms with Crippen molar-refractivity contribution >= 4 is 27.5 Å². The lowest BCUT2D eigenvalue weighted by atomic mass is 9.77. The molecule has 0 N–H and O–H groups in total. The van der Waals surface area contributed by atoms with Gasteiger partial charge in [-0.2, -0.15) is 0 Å². The number of benzene rings is 1. The number of halogens is 2. The van der Waals surface area contributed by atoms with Crippen molar-refractivity contribution in [2.75, 3.05) is 7.11 Å². The number of hydrogen-bond donors (Lipinski definition) is 0. The van der Waals surface area contributed by atoms with Gasteiger partial charge in [-0.05, 0) is 42.4 Å². The summed E-state index contributed by atoms with van der Waals surface area (Å²) in [6, 6.07) is 6.02. The molecule has 1 aliphatic carbocycles. The van der Waals surface area contributed by atoms with Crippen LogP contribution in [0.2, 0.25) is 5.02 Å². The predicted molar refractivity (Wildman–Crippen MR) is 94.6 cm³/mol. The second-order valence-corrected chi connectivity index (χ2v) is 7.61. The highest BCUT2D eigenvalue weighted by Gasteiger charge is 2.28. The quantitative estimate of drug-likeness (QED) is 0.499. The Kier molecular flexibility index (Phi) is 6.88. The Morgan fingerprint density at radius 1 is 1.29 bits per heavy atom. The van der Waals surface area contributed by atoms with E-state index in [1.54, 1.807) is 7.11 Å². The molecule has 1 fully saturated rings. The maximum atomic E-state index is 6.41. The summed E-state index contributed by atoms with van der Waals surface area (Å²) in [6.45, 7) is 2.28. The number of unbranched alkanes of at least 4 members (excludes halogenated alkanes) is 1. The van der Waals surface area contributed by atoms with Gasteiger partial charge in [0.1, 0.15) is 5.75 Å². The van der Waals surface area contributed by atoms with Crippen molar-refractivity contribution < 1.29 is 4.74 Å². The molecule has 1 nitrogen and oxygen atoms in total. The highest BCUT2D eigenvalue weighted by atomic mass is 79.9. The zero-order chi connectivity index (χ0) is 15.2. The second kappa shape index (κ2) is 8.43. The highest BCUT2D eigenvalue weighted by molar-refractivity contribution is 9.09. The number of methoxy groups -OCH3 is 1. The molecule has 2 rings (SSSR count). The molecule has 0 saturated heterocycles. The van der Waals surface area contributed by atoms with E-state index in [-0.39, 0.29) is 0 Å². The Morgan fingerprint density at radius 2 is 2.00 bits per heavy atom. The molecule has 1 aliphatic rings. The Morgan fingerprint density at radius 3 is 2.57 bits per heavy atom. The average Bonchev–Trinajstić information content (AvgIpc) is 2.52. The van der Waals surface area contributed by atoms with Crippen molar-refractivity contribution in [1.29, 1.82) is 0 Å². The second-order valence-electron chi connectivity index (χ2n) is 6.21. The van der Waals surface area contributed by atoms with E-state index in [0.717, 1.165) is 16.7 Å². The van der Waals surface area contributed by atoms with Gasteiger partial charge in [0.15, 0.2) is 0 Å². The van der Waals surface area contributed by atoms with Crippen LogP contribution in [0.4, 0.5) is 0 Å². The van der Waals surface area contributed by atoms with E-state index in [1.165, 1.54) is 50.5 Å². The van der Waals surface area contributed by atoms with E-state index in [4.69, 9.17) is 16.3 Å². The summed E-state index contributed by atoms with van der Waals surface area (Å²) in [6.07, 6.45) is 9.50. The lowest BCUT2D eigenvalue weighted by Crippen LogP contribution is -2.18. The van der Waals surface area contributed by atoms with Crippen LogP contribution in [0.3, 0.4) is 0 Å². The minimum absolute atomic E-state index is 0.364. The molecule has 118 valence electrons. The van der Waals surface area contributed by atoms with Crippen molar-refractivity contribution in [2.45, 2.75) is 56.7 Å². The zero-order valence-corrected chi connectivity index (χ0v) is 15.4. The van der Waals surface area contributed by atoms with Crippen LogP contribution in [0.25, 0.3) is 0 Å². The van der Waals surface area contributed by atoms with Crippen molar-refractivity contribution in [2.24, 2.45) is 11.8 Å². The third kappa shape index (κ3) is 4.63. The molecule has 1 saturated carbocycles. The van der Waals surface area contributed by atoms with E-state index >= 15 is 0 Å². The molecule has 0 amide bonds. The third-order valence-corrected chi connectivity index (χ3v) is 6.34. The molecule has 0 spiro atoms. The van der Waals surface area contributed by atoms with Gasteiger partial charge in [-0.15, -0.1) is 0 Å². The summed E-state index contributed by atoms with van der Waals surface area (Å²) in [5, 5.41) is 0.810. The van der Waals surface area contributed by atoms with Gasteiger partial charge in [0.2, 0.25) is 0 Å². The van der Waals surface area contributed by atoms with E-state index in [0.29, 0.717) is 10.7 Å². The van der Waals surface area contributed by atoms with Crippen LogP contribution in [0.5, 0.6) is 5.75 Å². The molecule has 1 aromatic rings. The Labute approximate surface area is 142 Å². The van der Waals surface area contributed by atoms with E-state index in [9.17, 15) is 0 Å². The smallest absolute Gasteiger partial charge is 0.120 e. The summed E-state index contributed by atoms with van der Waals surface area (Å²) in [5.74, 6) is 2.48. The molecule has 0 aliphatic heterocycles. The number of ether oxygens (including phenoxy) is 1. The summed E-state index contributed by atoms with van der Waals surface area (Å²) >= 11 is 10.3. The molecule has 0 bridgehead atoms. The molecule has 21 heavy (non-hydrogen) atoms. The van der Waals surface area contributed by atoms with Crippen LogP contribution in [0.15, 0.2) is 18.2 Å². The molecule has 1 aromatic carbocycles. The predicted octanol–water partition coefficient (Wildman–Crippen LogP) is 6.78. The van der Waals surface area contributed by atoms with Crippen molar-refractivity contribution in [1.82, 2.24) is 0 Å². The van der Waals surface area contributed by atoms with Gasteiger partial charge in [-0.3, -0.25) is 0 Å². The highest BCUT2D eigenvalue weighted by Crippen LogP contribution is 2.45. The van der Waals surface area contributed by atoms with Crippen LogP contribution in [0, 0.1) is 11.8 Å². The first-order chi connectivity index (χ1) is 10.2. The summed E-state index contributed by atoms with van der Waals surface area (Å²) in [7, 11) is 1.68. The number of rotatable bonds is 6. The molecule has 1 atom stereocenters. The monoisotopic (exact) mass is 372 g/mol. The average molecular weight is 374 g/mol. The minimum Gasteiger partial charge on any atom is -0.497 e. The number of alkyl halides is 1. The first-order valence-electron chi connectivity index (χ1n) is 8.13. The molecule has 3 heteroatoms.